The Bertz CT molecular complexity index is 387. The molecule has 6 heteroatoms. The monoisotopic (exact) mass is 260 g/mol. The van der Waals surface area contributed by atoms with Crippen LogP contribution in [0, 0.1) is 17.0 Å². The quantitative estimate of drug-likeness (QED) is 0.352. The van der Waals surface area contributed by atoms with Gasteiger partial charge in [0.1, 0.15) is 6.20 Å². The Morgan fingerprint density at radius 3 is 2.88 bits per heavy atom. The number of pyridine rings is 1. The molecule has 16 heavy (non-hydrogen) atoms. The topological polar surface area (TPSA) is 56.0 Å². The molecule has 88 valence electrons. The van der Waals surface area contributed by atoms with Gasteiger partial charge < -0.3 is 0 Å². The minimum Gasteiger partial charge on any atom is -0.258 e. The predicted octanol–water partition coefficient (Wildman–Crippen LogP) is 3.41. The second-order valence-electron chi connectivity index (χ2n) is 3.48. The summed E-state index contributed by atoms with van der Waals surface area (Å²) in [4.78, 5) is 14.2. The zero-order valence-corrected chi connectivity index (χ0v) is 10.7. The molecule has 0 spiro atoms. The molecule has 0 N–H and O–H groups in total. The third-order valence-corrected chi connectivity index (χ3v) is 3.56. The van der Waals surface area contributed by atoms with Crippen LogP contribution in [0.1, 0.15) is 18.9 Å². The second-order valence-corrected chi connectivity index (χ2v) is 5.28. The van der Waals surface area contributed by atoms with Crippen molar-refractivity contribution in [2.45, 2.75) is 30.5 Å². The second kappa shape index (κ2) is 6.06. The standard InChI is InChI=1S/C10H13ClN2O2S/c1-7-5-9(13(14)15)6-12-10(7)16-8(2)3-4-11/h5-6,8H,3-4H2,1-2H3. The Balaban J connectivity index is 2.79. The number of aromatic nitrogens is 1. The van der Waals surface area contributed by atoms with Crippen molar-refractivity contribution >= 4 is 29.1 Å². The van der Waals surface area contributed by atoms with E-state index in [0.29, 0.717) is 11.1 Å². The molecule has 0 aliphatic heterocycles. The highest BCUT2D eigenvalue weighted by molar-refractivity contribution is 7.99. The highest BCUT2D eigenvalue weighted by Gasteiger charge is 2.12. The molecule has 0 fully saturated rings. The zero-order valence-electron chi connectivity index (χ0n) is 9.14. The third kappa shape index (κ3) is 3.64. The lowest BCUT2D eigenvalue weighted by Crippen LogP contribution is -1.99. The molecule has 1 unspecified atom stereocenters. The molecule has 0 aliphatic carbocycles. The number of thioether (sulfide) groups is 1. The maximum atomic E-state index is 10.5. The first-order valence-electron chi connectivity index (χ1n) is 4.88. The maximum absolute atomic E-state index is 10.5. The van der Waals surface area contributed by atoms with Crippen molar-refractivity contribution in [2.75, 3.05) is 5.88 Å². The van der Waals surface area contributed by atoms with Crippen molar-refractivity contribution < 1.29 is 4.92 Å². The fourth-order valence-corrected chi connectivity index (χ4v) is 2.61. The third-order valence-electron chi connectivity index (χ3n) is 2.06. The summed E-state index contributed by atoms with van der Waals surface area (Å²) in [6.45, 7) is 3.89. The molecule has 0 aromatic carbocycles. The van der Waals surface area contributed by atoms with Crippen molar-refractivity contribution in [1.29, 1.82) is 0 Å². The lowest BCUT2D eigenvalue weighted by molar-refractivity contribution is -0.385. The summed E-state index contributed by atoms with van der Waals surface area (Å²) in [5.74, 6) is 0.611. The normalized spacial score (nSPS) is 12.4. The van der Waals surface area contributed by atoms with Crippen LogP contribution in [-0.4, -0.2) is 21.0 Å². The average Bonchev–Trinajstić information content (AvgIpc) is 2.21. The molecule has 0 aliphatic rings. The summed E-state index contributed by atoms with van der Waals surface area (Å²) in [5.41, 5.74) is 0.868. The van der Waals surface area contributed by atoms with Crippen molar-refractivity contribution in [3.63, 3.8) is 0 Å². The van der Waals surface area contributed by atoms with E-state index in [2.05, 4.69) is 11.9 Å². The van der Waals surface area contributed by atoms with Crippen LogP contribution >= 0.6 is 23.4 Å². The molecule has 1 aromatic heterocycles. The molecule has 0 saturated heterocycles. The number of nitrogens with zero attached hydrogens (tertiary/aromatic N) is 2. The van der Waals surface area contributed by atoms with E-state index in [1.165, 1.54) is 6.20 Å². The lowest BCUT2D eigenvalue weighted by Gasteiger charge is -2.09. The summed E-state index contributed by atoms with van der Waals surface area (Å²) < 4.78 is 0. The van der Waals surface area contributed by atoms with Gasteiger partial charge in [-0.2, -0.15) is 0 Å². The fourth-order valence-electron chi connectivity index (χ4n) is 1.17. The van der Waals surface area contributed by atoms with Crippen LogP contribution in [0.5, 0.6) is 0 Å². The maximum Gasteiger partial charge on any atom is 0.287 e. The molecule has 0 saturated carbocycles. The van der Waals surface area contributed by atoms with Gasteiger partial charge in [-0.25, -0.2) is 4.98 Å². The Hall–Kier alpha value is -0.810. The van der Waals surface area contributed by atoms with Gasteiger partial charge in [-0.15, -0.1) is 23.4 Å². The van der Waals surface area contributed by atoms with Gasteiger partial charge in [-0.1, -0.05) is 6.92 Å². The predicted molar refractivity (Wildman–Crippen MR) is 66.3 cm³/mol. The van der Waals surface area contributed by atoms with E-state index in [-0.39, 0.29) is 5.69 Å². The van der Waals surface area contributed by atoms with Gasteiger partial charge in [-0.05, 0) is 18.9 Å². The van der Waals surface area contributed by atoms with Crippen molar-refractivity contribution in [2.24, 2.45) is 0 Å². The zero-order chi connectivity index (χ0) is 12.1. The van der Waals surface area contributed by atoms with Gasteiger partial charge in [-0.3, -0.25) is 10.1 Å². The SMILES string of the molecule is Cc1cc([N+](=O)[O-])cnc1SC(C)CCCl. The molecule has 0 radical (unpaired) electrons. The van der Waals surface area contributed by atoms with E-state index < -0.39 is 4.92 Å². The first-order chi connectivity index (χ1) is 7.54. The first-order valence-corrected chi connectivity index (χ1v) is 6.29. The minimum absolute atomic E-state index is 0.0341. The molecule has 1 aromatic rings. The van der Waals surface area contributed by atoms with E-state index in [1.54, 1.807) is 17.8 Å². The summed E-state index contributed by atoms with van der Waals surface area (Å²) >= 11 is 7.24. The van der Waals surface area contributed by atoms with Gasteiger partial charge in [0.15, 0.2) is 0 Å². The summed E-state index contributed by atoms with van der Waals surface area (Å²) in [7, 11) is 0. The highest BCUT2D eigenvalue weighted by atomic mass is 35.5. The van der Waals surface area contributed by atoms with Crippen LogP contribution < -0.4 is 0 Å². The van der Waals surface area contributed by atoms with E-state index in [4.69, 9.17) is 11.6 Å². The summed E-state index contributed by atoms with van der Waals surface area (Å²) in [5, 5.41) is 11.7. The molecule has 0 amide bonds. The Kier molecular flexibility index (Phi) is 5.02. The number of hydrogen-bond donors (Lipinski definition) is 0. The molecule has 1 atom stereocenters. The Morgan fingerprint density at radius 1 is 1.69 bits per heavy atom. The van der Waals surface area contributed by atoms with E-state index in [9.17, 15) is 10.1 Å². The van der Waals surface area contributed by atoms with E-state index in [1.807, 2.05) is 6.92 Å². The molecule has 1 rings (SSSR count). The molecule has 4 nitrogen and oxygen atoms in total. The average molecular weight is 261 g/mol. The largest absolute Gasteiger partial charge is 0.287 e. The van der Waals surface area contributed by atoms with Crippen LogP contribution in [0.2, 0.25) is 0 Å². The molecule has 1 heterocycles. The smallest absolute Gasteiger partial charge is 0.258 e. The number of halogens is 1. The van der Waals surface area contributed by atoms with Crippen LogP contribution in [0.4, 0.5) is 5.69 Å². The molecule has 0 bridgehead atoms. The van der Waals surface area contributed by atoms with Crippen molar-refractivity contribution in [3.05, 3.63) is 27.9 Å². The van der Waals surface area contributed by atoms with Gasteiger partial charge in [0, 0.05) is 17.2 Å². The van der Waals surface area contributed by atoms with Crippen LogP contribution in [0.3, 0.4) is 0 Å². The van der Waals surface area contributed by atoms with Gasteiger partial charge in [0.25, 0.3) is 5.69 Å². The van der Waals surface area contributed by atoms with Crippen molar-refractivity contribution in [1.82, 2.24) is 4.98 Å². The number of alkyl halides is 1. The number of rotatable bonds is 5. The number of aryl methyl sites for hydroxylation is 1. The van der Waals surface area contributed by atoms with E-state index >= 15 is 0 Å². The summed E-state index contributed by atoms with van der Waals surface area (Å²) in [6, 6.07) is 1.54. The molecular weight excluding hydrogens is 248 g/mol. The highest BCUT2D eigenvalue weighted by Crippen LogP contribution is 2.28. The Morgan fingerprint density at radius 2 is 2.38 bits per heavy atom. The Labute approximate surface area is 104 Å². The van der Waals surface area contributed by atoms with Gasteiger partial charge in [0.05, 0.1) is 9.95 Å². The van der Waals surface area contributed by atoms with Crippen LogP contribution in [0.15, 0.2) is 17.3 Å². The van der Waals surface area contributed by atoms with Crippen LogP contribution in [0.25, 0.3) is 0 Å². The number of nitro groups is 1. The fraction of sp³-hybridized carbons (Fsp3) is 0.500. The van der Waals surface area contributed by atoms with Crippen LogP contribution in [-0.2, 0) is 0 Å². The lowest BCUT2D eigenvalue weighted by atomic mass is 10.3. The van der Waals surface area contributed by atoms with Gasteiger partial charge in [0.2, 0.25) is 0 Å². The summed E-state index contributed by atoms with van der Waals surface area (Å²) in [6.07, 6.45) is 2.19. The van der Waals surface area contributed by atoms with E-state index in [0.717, 1.165) is 17.0 Å². The first kappa shape index (κ1) is 13.3. The minimum atomic E-state index is -0.434. The van der Waals surface area contributed by atoms with Gasteiger partial charge >= 0.3 is 0 Å². The number of hydrogen-bond acceptors (Lipinski definition) is 4. The molecular formula is C10H13ClN2O2S. The van der Waals surface area contributed by atoms with Crippen molar-refractivity contribution in [3.8, 4) is 0 Å².